The lowest BCUT2D eigenvalue weighted by atomic mass is 10.4. The molecule has 21 heavy (non-hydrogen) atoms. The van der Waals surface area contributed by atoms with E-state index in [0.29, 0.717) is 6.54 Å². The zero-order chi connectivity index (χ0) is 15.1. The molecule has 0 radical (unpaired) electrons. The summed E-state index contributed by atoms with van der Waals surface area (Å²) in [7, 11) is 1.99. The van der Waals surface area contributed by atoms with Crippen LogP contribution < -0.4 is 5.32 Å². The highest BCUT2D eigenvalue weighted by Crippen LogP contribution is 2.08. The number of hydrogen-bond donors (Lipinski definition) is 1. The molecular weight excluding hydrogens is 284 g/mol. The number of aryl methyl sites for hydroxylation is 1. The molecule has 2 rings (SSSR count). The van der Waals surface area contributed by atoms with Gasteiger partial charge >= 0.3 is 0 Å². The molecule has 1 aromatic heterocycles. The van der Waals surface area contributed by atoms with Crippen LogP contribution in [-0.2, 0) is 13.6 Å². The normalized spacial score (nSPS) is 15.8. The average molecular weight is 310 g/mol. The minimum atomic E-state index is 0.582. The van der Waals surface area contributed by atoms with Gasteiger partial charge in [0.15, 0.2) is 11.8 Å². The van der Waals surface area contributed by atoms with Crippen molar-refractivity contribution in [3.05, 3.63) is 11.6 Å². The van der Waals surface area contributed by atoms with Crippen LogP contribution in [0.5, 0.6) is 0 Å². The predicted octanol–water partition coefficient (Wildman–Crippen LogP) is 1.42. The molecule has 1 N–H and O–H groups in total. The average Bonchev–Trinajstić information content (AvgIpc) is 3.11. The monoisotopic (exact) mass is 310 g/mol. The molecule has 1 aliphatic heterocycles. The van der Waals surface area contributed by atoms with Gasteiger partial charge in [0.1, 0.15) is 12.4 Å². The first-order valence-electron chi connectivity index (χ1n) is 7.59. The highest BCUT2D eigenvalue weighted by molar-refractivity contribution is 7.98. The second kappa shape index (κ2) is 8.26. The van der Waals surface area contributed by atoms with E-state index in [4.69, 9.17) is 4.99 Å². The van der Waals surface area contributed by atoms with E-state index in [1.165, 1.54) is 18.6 Å². The summed E-state index contributed by atoms with van der Waals surface area (Å²) in [4.78, 5) is 7.10. The maximum atomic E-state index is 4.75. The summed E-state index contributed by atoms with van der Waals surface area (Å²) in [5, 5.41) is 11.8. The standard InChI is InChI=1S/C14H26N6S/c1-12-17-18-13(19(12)2)11-16-14(15-7-6-10-21-3)20-8-4-5-9-20/h4-11H2,1-3H3,(H,15,16). The van der Waals surface area contributed by atoms with E-state index in [1.807, 2.05) is 30.3 Å². The molecule has 7 heteroatoms. The van der Waals surface area contributed by atoms with E-state index in [-0.39, 0.29) is 0 Å². The number of rotatable bonds is 6. The van der Waals surface area contributed by atoms with Crippen LogP contribution >= 0.6 is 11.8 Å². The molecule has 118 valence electrons. The van der Waals surface area contributed by atoms with Gasteiger partial charge in [-0.3, -0.25) is 0 Å². The van der Waals surface area contributed by atoms with Gasteiger partial charge in [0.2, 0.25) is 0 Å². The molecule has 0 bridgehead atoms. The fourth-order valence-corrected chi connectivity index (χ4v) is 2.78. The number of aromatic nitrogens is 3. The van der Waals surface area contributed by atoms with Gasteiger partial charge in [0.25, 0.3) is 0 Å². The Labute approximate surface area is 131 Å². The molecule has 0 unspecified atom stereocenters. The van der Waals surface area contributed by atoms with Crippen molar-refractivity contribution >= 4 is 17.7 Å². The molecule has 0 amide bonds. The van der Waals surface area contributed by atoms with Crippen molar-refractivity contribution < 1.29 is 0 Å². The summed E-state index contributed by atoms with van der Waals surface area (Å²) in [6.45, 7) is 5.73. The minimum Gasteiger partial charge on any atom is -0.356 e. The molecule has 1 aromatic rings. The predicted molar refractivity (Wildman–Crippen MR) is 88.7 cm³/mol. The minimum absolute atomic E-state index is 0.582. The van der Waals surface area contributed by atoms with Gasteiger partial charge in [-0.05, 0) is 38.2 Å². The number of nitrogens with one attached hydrogen (secondary N) is 1. The molecule has 1 saturated heterocycles. The number of nitrogens with zero attached hydrogens (tertiary/aromatic N) is 5. The summed E-state index contributed by atoms with van der Waals surface area (Å²) >= 11 is 1.89. The molecule has 0 spiro atoms. The topological polar surface area (TPSA) is 58.3 Å². The maximum Gasteiger partial charge on any atom is 0.194 e. The van der Waals surface area contributed by atoms with Crippen molar-refractivity contribution in [2.24, 2.45) is 12.0 Å². The molecule has 0 saturated carbocycles. The highest BCUT2D eigenvalue weighted by atomic mass is 32.2. The summed E-state index contributed by atoms with van der Waals surface area (Å²) in [6, 6.07) is 0. The van der Waals surface area contributed by atoms with Crippen molar-refractivity contribution in [1.82, 2.24) is 25.0 Å². The highest BCUT2D eigenvalue weighted by Gasteiger charge is 2.16. The number of likely N-dealkylation sites (tertiary alicyclic amines) is 1. The SMILES string of the molecule is CSCCCNC(=NCc1nnc(C)n1C)N1CCCC1. The Kier molecular flexibility index (Phi) is 6.35. The first kappa shape index (κ1) is 16.1. The molecule has 0 atom stereocenters. The van der Waals surface area contributed by atoms with Gasteiger partial charge in [-0.2, -0.15) is 11.8 Å². The van der Waals surface area contributed by atoms with Crippen molar-refractivity contribution in [2.45, 2.75) is 32.7 Å². The third-order valence-corrected chi connectivity index (χ3v) is 4.46. The van der Waals surface area contributed by atoms with Crippen LogP contribution in [0.4, 0.5) is 0 Å². The Hall–Kier alpha value is -1.24. The van der Waals surface area contributed by atoms with E-state index in [2.05, 4.69) is 26.7 Å². The Balaban J connectivity index is 1.96. The van der Waals surface area contributed by atoms with Gasteiger partial charge in [-0.25, -0.2) is 4.99 Å². The largest absolute Gasteiger partial charge is 0.356 e. The number of thioether (sulfide) groups is 1. The lowest BCUT2D eigenvalue weighted by Crippen LogP contribution is -2.40. The first-order chi connectivity index (χ1) is 10.2. The van der Waals surface area contributed by atoms with Gasteiger partial charge in [0.05, 0.1) is 0 Å². The van der Waals surface area contributed by atoms with Crippen LogP contribution in [0.1, 0.15) is 30.9 Å². The Morgan fingerprint density at radius 2 is 2.10 bits per heavy atom. The fourth-order valence-electron chi connectivity index (χ4n) is 2.35. The van der Waals surface area contributed by atoms with Crippen LogP contribution in [0.2, 0.25) is 0 Å². The van der Waals surface area contributed by atoms with Crippen LogP contribution in [0.15, 0.2) is 4.99 Å². The van der Waals surface area contributed by atoms with Crippen LogP contribution in [0, 0.1) is 6.92 Å². The Morgan fingerprint density at radius 3 is 2.71 bits per heavy atom. The van der Waals surface area contributed by atoms with Gasteiger partial charge in [-0.15, -0.1) is 10.2 Å². The maximum absolute atomic E-state index is 4.75. The Morgan fingerprint density at radius 1 is 1.33 bits per heavy atom. The molecule has 0 aliphatic carbocycles. The first-order valence-corrected chi connectivity index (χ1v) is 8.99. The van der Waals surface area contributed by atoms with E-state index < -0.39 is 0 Å². The van der Waals surface area contributed by atoms with E-state index in [0.717, 1.165) is 43.7 Å². The third kappa shape index (κ3) is 4.62. The van der Waals surface area contributed by atoms with Gasteiger partial charge < -0.3 is 14.8 Å². The quantitative estimate of drug-likeness (QED) is 0.489. The van der Waals surface area contributed by atoms with Crippen LogP contribution in [0.3, 0.4) is 0 Å². The van der Waals surface area contributed by atoms with Crippen molar-refractivity contribution in [1.29, 1.82) is 0 Å². The van der Waals surface area contributed by atoms with Crippen molar-refractivity contribution in [3.63, 3.8) is 0 Å². The second-order valence-electron chi connectivity index (χ2n) is 5.33. The fraction of sp³-hybridized carbons (Fsp3) is 0.786. The van der Waals surface area contributed by atoms with Crippen LogP contribution in [-0.4, -0.2) is 57.3 Å². The molecule has 2 heterocycles. The second-order valence-corrected chi connectivity index (χ2v) is 6.32. The summed E-state index contributed by atoms with van der Waals surface area (Å²) in [5.41, 5.74) is 0. The molecule has 1 fully saturated rings. The Bertz CT molecular complexity index is 464. The summed E-state index contributed by atoms with van der Waals surface area (Å²) in [6.07, 6.45) is 5.83. The number of aliphatic imine (C=N–C) groups is 1. The van der Waals surface area contributed by atoms with Gasteiger partial charge in [-0.1, -0.05) is 0 Å². The zero-order valence-corrected chi connectivity index (χ0v) is 14.1. The smallest absolute Gasteiger partial charge is 0.194 e. The van der Waals surface area contributed by atoms with Gasteiger partial charge in [0, 0.05) is 26.7 Å². The summed E-state index contributed by atoms with van der Waals surface area (Å²) in [5.74, 6) is 4.04. The van der Waals surface area contributed by atoms with E-state index in [9.17, 15) is 0 Å². The lowest BCUT2D eigenvalue weighted by molar-refractivity contribution is 0.490. The van der Waals surface area contributed by atoms with E-state index in [1.54, 1.807) is 0 Å². The number of guanidine groups is 1. The van der Waals surface area contributed by atoms with Crippen molar-refractivity contribution in [2.75, 3.05) is 31.6 Å². The third-order valence-electron chi connectivity index (χ3n) is 3.77. The summed E-state index contributed by atoms with van der Waals surface area (Å²) < 4.78 is 2.00. The van der Waals surface area contributed by atoms with Crippen molar-refractivity contribution in [3.8, 4) is 0 Å². The molecule has 6 nitrogen and oxygen atoms in total. The number of hydrogen-bond acceptors (Lipinski definition) is 4. The molecule has 1 aliphatic rings. The van der Waals surface area contributed by atoms with E-state index >= 15 is 0 Å². The van der Waals surface area contributed by atoms with Crippen LogP contribution in [0.25, 0.3) is 0 Å². The zero-order valence-electron chi connectivity index (χ0n) is 13.3. The molecule has 0 aromatic carbocycles. The lowest BCUT2D eigenvalue weighted by Gasteiger charge is -2.21. The molecular formula is C14H26N6S.